The number of nitrogens with zero attached hydrogens (tertiary/aromatic N) is 2. The Balaban J connectivity index is 1.48. The molecule has 0 N–H and O–H groups in total. The molecule has 3 aromatic heterocycles. The lowest BCUT2D eigenvalue weighted by Gasteiger charge is -2.42. The lowest BCUT2D eigenvalue weighted by molar-refractivity contribution is 0.332. The maximum atomic E-state index is 6.84. The molecule has 3 heterocycles. The van der Waals surface area contributed by atoms with E-state index in [0.29, 0.717) is 0 Å². The second-order valence-corrected chi connectivity index (χ2v) is 16.0. The van der Waals surface area contributed by atoms with Gasteiger partial charge in [0.15, 0.2) is 5.58 Å². The number of para-hydroxylation sites is 4. The van der Waals surface area contributed by atoms with E-state index in [0.717, 1.165) is 39.7 Å². The van der Waals surface area contributed by atoms with Gasteiger partial charge in [0.25, 0.3) is 0 Å². The largest absolute Gasteiger partial charge is 0.454 e. The van der Waals surface area contributed by atoms with Gasteiger partial charge in [-0.2, -0.15) is 0 Å². The van der Waals surface area contributed by atoms with Gasteiger partial charge in [-0.3, -0.25) is 0 Å². The van der Waals surface area contributed by atoms with Crippen molar-refractivity contribution < 1.29 is 4.42 Å². The summed E-state index contributed by atoms with van der Waals surface area (Å²) in [5, 5.41) is 9.98. The highest BCUT2D eigenvalue weighted by molar-refractivity contribution is 6.36. The van der Waals surface area contributed by atoms with E-state index in [1.807, 2.05) is 0 Å². The molecule has 1 aliphatic carbocycles. The first-order chi connectivity index (χ1) is 24.8. The second-order valence-electron chi connectivity index (χ2n) is 16.0. The van der Waals surface area contributed by atoms with E-state index in [9.17, 15) is 0 Å². The van der Waals surface area contributed by atoms with Crippen LogP contribution in [0, 0.1) is 0 Å². The van der Waals surface area contributed by atoms with Gasteiger partial charge in [-0.25, -0.2) is 0 Å². The topological polar surface area (TPSA) is 23.0 Å². The van der Waals surface area contributed by atoms with Crippen LogP contribution in [0.3, 0.4) is 0 Å². The van der Waals surface area contributed by atoms with Gasteiger partial charge in [0.2, 0.25) is 0 Å². The third-order valence-corrected chi connectivity index (χ3v) is 12.1. The summed E-state index contributed by atoms with van der Waals surface area (Å²) < 4.78 is 11.9. The van der Waals surface area contributed by atoms with Crippen LogP contribution in [-0.2, 0) is 10.8 Å². The molecule has 0 saturated heterocycles. The number of aromatic nitrogens is 2. The smallest absolute Gasteiger partial charge is 0.159 e. The molecular formula is C48H38N2O. The van der Waals surface area contributed by atoms with Crippen molar-refractivity contribution >= 4 is 76.3 Å². The zero-order chi connectivity index (χ0) is 34.2. The summed E-state index contributed by atoms with van der Waals surface area (Å²) in [4.78, 5) is 0. The molecule has 0 spiro atoms. The first kappa shape index (κ1) is 29.0. The minimum absolute atomic E-state index is 0.0576. The van der Waals surface area contributed by atoms with Crippen molar-refractivity contribution in [2.45, 2.75) is 51.4 Å². The summed E-state index contributed by atoms with van der Waals surface area (Å²) in [6.07, 6.45) is 2.33. The lowest BCUT2D eigenvalue weighted by atomic mass is 9.63. The van der Waals surface area contributed by atoms with Gasteiger partial charge in [-0.15, -0.1) is 0 Å². The van der Waals surface area contributed by atoms with E-state index in [1.165, 1.54) is 71.9 Å². The molecule has 0 saturated carbocycles. The molecule has 3 heteroatoms. The van der Waals surface area contributed by atoms with Crippen LogP contribution < -0.4 is 0 Å². The van der Waals surface area contributed by atoms with Crippen LogP contribution in [0.2, 0.25) is 0 Å². The number of fused-ring (bicyclic) bond motifs is 14. The van der Waals surface area contributed by atoms with Crippen molar-refractivity contribution in [1.29, 1.82) is 0 Å². The van der Waals surface area contributed by atoms with Crippen molar-refractivity contribution in [3.05, 3.63) is 145 Å². The van der Waals surface area contributed by atoms with Crippen molar-refractivity contribution in [3.8, 4) is 11.4 Å². The van der Waals surface area contributed by atoms with E-state index in [-0.39, 0.29) is 10.8 Å². The molecule has 0 fully saturated rings. The number of rotatable bonds is 2. The maximum absolute atomic E-state index is 6.84. The fourth-order valence-corrected chi connectivity index (χ4v) is 9.50. The van der Waals surface area contributed by atoms with E-state index < -0.39 is 0 Å². The fraction of sp³-hybridized carbons (Fsp3) is 0.167. The standard InChI is InChI=1S/C48H38N2O/c1-47(2)25-26-48(3,4)37-28-40-35(27-36(37)47)43-32-19-9-8-18-31(32)42-34-20-10-12-22-38(34)49(29-15-6-5-7-16-29)44(42)45(43)50(40)39-23-14-21-33-30-17-11-13-24-41(30)51-46(33)39/h5-24,27-28H,25-26H2,1-4H3. The number of hydrogen-bond donors (Lipinski definition) is 0. The average Bonchev–Trinajstić information content (AvgIpc) is 3.82. The molecule has 3 nitrogen and oxygen atoms in total. The monoisotopic (exact) mass is 658 g/mol. The van der Waals surface area contributed by atoms with Crippen LogP contribution in [0.15, 0.2) is 138 Å². The quantitative estimate of drug-likeness (QED) is 0.181. The summed E-state index contributed by atoms with van der Waals surface area (Å²) in [6, 6.07) is 49.1. The number of hydrogen-bond acceptors (Lipinski definition) is 1. The number of furan rings is 1. The molecular weight excluding hydrogens is 621 g/mol. The first-order valence-corrected chi connectivity index (χ1v) is 18.2. The summed E-state index contributed by atoms with van der Waals surface area (Å²) in [5.41, 5.74) is 12.0. The second kappa shape index (κ2) is 9.92. The Hall–Kier alpha value is -5.80. The maximum Gasteiger partial charge on any atom is 0.159 e. The highest BCUT2D eigenvalue weighted by Gasteiger charge is 2.38. The number of benzene rings is 7. The van der Waals surface area contributed by atoms with Crippen molar-refractivity contribution in [2.75, 3.05) is 0 Å². The minimum atomic E-state index is 0.0576. The van der Waals surface area contributed by atoms with Crippen molar-refractivity contribution in [2.24, 2.45) is 0 Å². The Labute approximate surface area is 296 Å². The molecule has 0 aliphatic heterocycles. The minimum Gasteiger partial charge on any atom is -0.454 e. The molecule has 0 atom stereocenters. The van der Waals surface area contributed by atoms with Gasteiger partial charge < -0.3 is 13.6 Å². The molecule has 0 unspecified atom stereocenters. The molecule has 7 aromatic carbocycles. The summed E-state index contributed by atoms with van der Waals surface area (Å²) in [6.45, 7) is 9.73. The van der Waals surface area contributed by atoms with E-state index >= 15 is 0 Å². The zero-order valence-electron chi connectivity index (χ0n) is 29.4. The zero-order valence-corrected chi connectivity index (χ0v) is 29.4. The Morgan fingerprint density at radius 1 is 0.471 bits per heavy atom. The van der Waals surface area contributed by atoms with Crippen LogP contribution >= 0.6 is 0 Å². The summed E-state index contributed by atoms with van der Waals surface area (Å²) in [7, 11) is 0. The van der Waals surface area contributed by atoms with E-state index in [1.54, 1.807) is 0 Å². The SMILES string of the molecule is CC1(C)CCC(C)(C)c2cc3c(cc21)c1c2ccccc2c2c4ccccc4n(-c4ccccc4)c2c1n3-c1cccc2c1oc1ccccc12. The molecule has 246 valence electrons. The summed E-state index contributed by atoms with van der Waals surface area (Å²) >= 11 is 0. The molecule has 11 rings (SSSR count). The van der Waals surface area contributed by atoms with Crippen LogP contribution in [0.25, 0.3) is 87.7 Å². The molecule has 0 radical (unpaired) electrons. The van der Waals surface area contributed by atoms with Gasteiger partial charge >= 0.3 is 0 Å². The third kappa shape index (κ3) is 3.79. The van der Waals surface area contributed by atoms with Crippen LogP contribution in [-0.4, -0.2) is 9.13 Å². The van der Waals surface area contributed by atoms with Crippen LogP contribution in [0.4, 0.5) is 0 Å². The molecule has 0 amide bonds. The average molecular weight is 659 g/mol. The fourth-order valence-electron chi connectivity index (χ4n) is 9.50. The first-order valence-electron chi connectivity index (χ1n) is 18.2. The van der Waals surface area contributed by atoms with Crippen molar-refractivity contribution in [3.63, 3.8) is 0 Å². The Morgan fingerprint density at radius 3 is 1.78 bits per heavy atom. The molecule has 0 bridgehead atoms. The van der Waals surface area contributed by atoms with Gasteiger partial charge in [0.05, 0.1) is 27.8 Å². The predicted octanol–water partition coefficient (Wildman–Crippen LogP) is 13.3. The van der Waals surface area contributed by atoms with Crippen molar-refractivity contribution in [1.82, 2.24) is 9.13 Å². The van der Waals surface area contributed by atoms with Gasteiger partial charge in [0, 0.05) is 38.0 Å². The summed E-state index contributed by atoms with van der Waals surface area (Å²) in [5.74, 6) is 0. The third-order valence-electron chi connectivity index (χ3n) is 12.1. The lowest BCUT2D eigenvalue weighted by Crippen LogP contribution is -2.33. The van der Waals surface area contributed by atoms with E-state index in [4.69, 9.17) is 4.42 Å². The van der Waals surface area contributed by atoms with Crippen LogP contribution in [0.1, 0.15) is 51.7 Å². The Bertz CT molecular complexity index is 3080. The van der Waals surface area contributed by atoms with Gasteiger partial charge in [-0.1, -0.05) is 119 Å². The highest BCUT2D eigenvalue weighted by atomic mass is 16.3. The van der Waals surface area contributed by atoms with Gasteiger partial charge in [0.1, 0.15) is 5.58 Å². The Morgan fingerprint density at radius 2 is 1.04 bits per heavy atom. The molecule has 51 heavy (non-hydrogen) atoms. The Kier molecular flexibility index (Phi) is 5.64. The highest BCUT2D eigenvalue weighted by Crippen LogP contribution is 2.52. The van der Waals surface area contributed by atoms with Crippen LogP contribution in [0.5, 0.6) is 0 Å². The molecule has 10 aromatic rings. The normalized spacial score (nSPS) is 15.6. The van der Waals surface area contributed by atoms with E-state index in [2.05, 4.69) is 170 Å². The predicted molar refractivity (Wildman–Crippen MR) is 215 cm³/mol. The molecule has 1 aliphatic rings. The van der Waals surface area contributed by atoms with Gasteiger partial charge in [-0.05, 0) is 88.0 Å².